The van der Waals surface area contributed by atoms with E-state index in [1.54, 1.807) is 14.0 Å². The van der Waals surface area contributed by atoms with Crippen molar-refractivity contribution < 1.29 is 9.84 Å². The number of methoxy groups -OCH3 is 1. The standard InChI is InChI=1S/C14H21NO2/c1-11(16)12-5-7-13(8-6-12)15-9-3-4-14(10-15)17-2/h5-8,11,14,16H,3-4,9-10H2,1-2H3/t11-,14?/m0/s1. The summed E-state index contributed by atoms with van der Waals surface area (Å²) in [6.45, 7) is 3.84. The minimum Gasteiger partial charge on any atom is -0.389 e. The van der Waals surface area contributed by atoms with Gasteiger partial charge in [-0.3, -0.25) is 0 Å². The predicted molar refractivity (Wildman–Crippen MR) is 69.3 cm³/mol. The van der Waals surface area contributed by atoms with Crippen molar-refractivity contribution in [3.63, 3.8) is 0 Å². The van der Waals surface area contributed by atoms with Crippen LogP contribution < -0.4 is 4.90 Å². The second-order valence-electron chi connectivity index (χ2n) is 4.71. The molecule has 94 valence electrons. The molecule has 0 saturated carbocycles. The highest BCUT2D eigenvalue weighted by atomic mass is 16.5. The van der Waals surface area contributed by atoms with Crippen molar-refractivity contribution >= 4 is 5.69 Å². The van der Waals surface area contributed by atoms with Gasteiger partial charge in [0.05, 0.1) is 12.2 Å². The molecular weight excluding hydrogens is 214 g/mol. The maximum Gasteiger partial charge on any atom is 0.0761 e. The Balaban J connectivity index is 2.06. The molecule has 0 bridgehead atoms. The molecule has 1 N–H and O–H groups in total. The fourth-order valence-corrected chi connectivity index (χ4v) is 2.33. The number of ether oxygens (including phenoxy) is 1. The molecular formula is C14H21NO2. The van der Waals surface area contributed by atoms with Gasteiger partial charge in [0.25, 0.3) is 0 Å². The molecule has 3 nitrogen and oxygen atoms in total. The normalized spacial score (nSPS) is 22.5. The number of benzene rings is 1. The summed E-state index contributed by atoms with van der Waals surface area (Å²) >= 11 is 0. The van der Waals surface area contributed by atoms with E-state index in [1.165, 1.54) is 12.1 Å². The summed E-state index contributed by atoms with van der Waals surface area (Å²) < 4.78 is 5.42. The molecule has 1 saturated heterocycles. The average molecular weight is 235 g/mol. The molecule has 1 heterocycles. The molecule has 2 atom stereocenters. The van der Waals surface area contributed by atoms with E-state index in [-0.39, 0.29) is 0 Å². The van der Waals surface area contributed by atoms with Crippen molar-refractivity contribution in [2.75, 3.05) is 25.1 Å². The van der Waals surface area contributed by atoms with Crippen molar-refractivity contribution in [3.8, 4) is 0 Å². The van der Waals surface area contributed by atoms with Gasteiger partial charge in [-0.15, -0.1) is 0 Å². The molecule has 0 spiro atoms. The van der Waals surface area contributed by atoms with Crippen LogP contribution in [0.1, 0.15) is 31.4 Å². The van der Waals surface area contributed by atoms with Crippen molar-refractivity contribution in [1.82, 2.24) is 0 Å². The average Bonchev–Trinajstić information content (AvgIpc) is 2.39. The molecule has 1 aromatic carbocycles. The minimum absolute atomic E-state index is 0.347. The SMILES string of the molecule is COC1CCCN(c2ccc([C@H](C)O)cc2)C1. The summed E-state index contributed by atoms with van der Waals surface area (Å²) in [6, 6.07) is 8.16. The van der Waals surface area contributed by atoms with Crippen LogP contribution in [-0.4, -0.2) is 31.4 Å². The van der Waals surface area contributed by atoms with Gasteiger partial charge in [-0.25, -0.2) is 0 Å². The van der Waals surface area contributed by atoms with E-state index < -0.39 is 6.10 Å². The number of hydrogen-bond donors (Lipinski definition) is 1. The zero-order valence-corrected chi connectivity index (χ0v) is 10.6. The van der Waals surface area contributed by atoms with Crippen LogP contribution in [0.2, 0.25) is 0 Å². The van der Waals surface area contributed by atoms with E-state index in [2.05, 4.69) is 17.0 Å². The van der Waals surface area contributed by atoms with Crippen molar-refractivity contribution in [3.05, 3.63) is 29.8 Å². The topological polar surface area (TPSA) is 32.7 Å². The fraction of sp³-hybridized carbons (Fsp3) is 0.571. The van der Waals surface area contributed by atoms with Crippen LogP contribution in [0, 0.1) is 0 Å². The number of aliphatic hydroxyl groups excluding tert-OH is 1. The minimum atomic E-state index is -0.392. The van der Waals surface area contributed by atoms with E-state index in [0.29, 0.717) is 6.10 Å². The van der Waals surface area contributed by atoms with Crippen LogP contribution in [0.3, 0.4) is 0 Å². The van der Waals surface area contributed by atoms with Gasteiger partial charge in [0.2, 0.25) is 0 Å². The lowest BCUT2D eigenvalue weighted by atomic mass is 10.1. The van der Waals surface area contributed by atoms with E-state index >= 15 is 0 Å². The van der Waals surface area contributed by atoms with E-state index in [4.69, 9.17) is 4.74 Å². The van der Waals surface area contributed by atoms with Crippen LogP contribution in [0.15, 0.2) is 24.3 Å². The Morgan fingerprint density at radius 1 is 1.35 bits per heavy atom. The second-order valence-corrected chi connectivity index (χ2v) is 4.71. The first-order chi connectivity index (χ1) is 8.20. The summed E-state index contributed by atoms with van der Waals surface area (Å²) in [7, 11) is 1.78. The van der Waals surface area contributed by atoms with Crippen LogP contribution in [0.4, 0.5) is 5.69 Å². The van der Waals surface area contributed by atoms with Gasteiger partial charge in [0, 0.05) is 25.9 Å². The molecule has 1 fully saturated rings. The first-order valence-corrected chi connectivity index (χ1v) is 6.26. The third kappa shape index (κ3) is 2.99. The quantitative estimate of drug-likeness (QED) is 0.873. The lowest BCUT2D eigenvalue weighted by molar-refractivity contribution is 0.0893. The maximum absolute atomic E-state index is 9.47. The summed E-state index contributed by atoms with van der Waals surface area (Å²) in [5.74, 6) is 0. The Morgan fingerprint density at radius 2 is 2.06 bits per heavy atom. The maximum atomic E-state index is 9.47. The van der Waals surface area contributed by atoms with E-state index in [1.807, 2.05) is 12.1 Å². The van der Waals surface area contributed by atoms with Crippen LogP contribution in [0.5, 0.6) is 0 Å². The molecule has 3 heteroatoms. The van der Waals surface area contributed by atoms with Crippen molar-refractivity contribution in [1.29, 1.82) is 0 Å². The summed E-state index contributed by atoms with van der Waals surface area (Å²) in [5, 5.41) is 9.47. The highest BCUT2D eigenvalue weighted by molar-refractivity contribution is 5.48. The molecule has 0 aromatic heterocycles. The fourth-order valence-electron chi connectivity index (χ4n) is 2.33. The molecule has 0 aliphatic carbocycles. The summed E-state index contributed by atoms with van der Waals surface area (Å²) in [6.07, 6.45) is 2.28. The van der Waals surface area contributed by atoms with Gasteiger partial charge in [-0.2, -0.15) is 0 Å². The van der Waals surface area contributed by atoms with Crippen LogP contribution in [-0.2, 0) is 4.74 Å². The summed E-state index contributed by atoms with van der Waals surface area (Å²) in [4.78, 5) is 2.35. The number of hydrogen-bond acceptors (Lipinski definition) is 3. The monoisotopic (exact) mass is 235 g/mol. The second kappa shape index (κ2) is 5.52. The zero-order valence-electron chi connectivity index (χ0n) is 10.6. The molecule has 0 amide bonds. The molecule has 1 aliphatic rings. The summed E-state index contributed by atoms with van der Waals surface area (Å²) in [5.41, 5.74) is 2.19. The molecule has 1 aliphatic heterocycles. The zero-order chi connectivity index (χ0) is 12.3. The first-order valence-electron chi connectivity index (χ1n) is 6.26. The lowest BCUT2D eigenvalue weighted by Gasteiger charge is -2.33. The highest BCUT2D eigenvalue weighted by Crippen LogP contribution is 2.23. The lowest BCUT2D eigenvalue weighted by Crippen LogP contribution is -2.39. The van der Waals surface area contributed by atoms with Gasteiger partial charge in [-0.05, 0) is 37.5 Å². The Bertz CT molecular complexity index is 348. The smallest absolute Gasteiger partial charge is 0.0761 e. The molecule has 17 heavy (non-hydrogen) atoms. The molecule has 1 aromatic rings. The largest absolute Gasteiger partial charge is 0.389 e. The van der Waals surface area contributed by atoms with Gasteiger partial charge in [0.1, 0.15) is 0 Å². The Hall–Kier alpha value is -1.06. The molecule has 1 unspecified atom stereocenters. The number of piperidine rings is 1. The van der Waals surface area contributed by atoms with Crippen molar-refractivity contribution in [2.45, 2.75) is 32.0 Å². The Labute approximate surface area is 103 Å². The van der Waals surface area contributed by atoms with Crippen LogP contribution in [0.25, 0.3) is 0 Å². The van der Waals surface area contributed by atoms with Gasteiger partial charge in [-0.1, -0.05) is 12.1 Å². The van der Waals surface area contributed by atoms with Gasteiger partial charge < -0.3 is 14.7 Å². The number of aliphatic hydroxyl groups is 1. The molecule has 2 rings (SSSR count). The van der Waals surface area contributed by atoms with Crippen molar-refractivity contribution in [2.24, 2.45) is 0 Å². The third-order valence-corrected chi connectivity index (χ3v) is 3.45. The number of nitrogens with zero attached hydrogens (tertiary/aromatic N) is 1. The third-order valence-electron chi connectivity index (χ3n) is 3.45. The highest BCUT2D eigenvalue weighted by Gasteiger charge is 2.19. The van der Waals surface area contributed by atoms with Crippen LogP contribution >= 0.6 is 0 Å². The van der Waals surface area contributed by atoms with Gasteiger partial charge >= 0.3 is 0 Å². The molecule has 0 radical (unpaired) electrons. The van der Waals surface area contributed by atoms with E-state index in [0.717, 1.165) is 25.1 Å². The number of anilines is 1. The van der Waals surface area contributed by atoms with Gasteiger partial charge in [0.15, 0.2) is 0 Å². The van der Waals surface area contributed by atoms with E-state index in [9.17, 15) is 5.11 Å². The number of rotatable bonds is 3. The first kappa shape index (κ1) is 12.4. The Morgan fingerprint density at radius 3 is 2.65 bits per heavy atom. The Kier molecular flexibility index (Phi) is 4.02. The predicted octanol–water partition coefficient (Wildman–Crippen LogP) is 2.36.